The third kappa shape index (κ3) is 4.74. The fraction of sp³-hybridized carbons (Fsp3) is 0.333. The first-order valence-electron chi connectivity index (χ1n) is 7.31. The predicted molar refractivity (Wildman–Crippen MR) is 92.6 cm³/mol. The quantitative estimate of drug-likeness (QED) is 0.767. The minimum Gasteiger partial charge on any atom is -0.316 e. The van der Waals surface area contributed by atoms with Crippen molar-refractivity contribution in [2.75, 3.05) is 13.1 Å². The molecule has 1 nitrogen and oxygen atoms in total. The Morgan fingerprint density at radius 3 is 2.38 bits per heavy atom. The number of halogens is 2. The lowest BCUT2D eigenvalue weighted by Gasteiger charge is -2.19. The van der Waals surface area contributed by atoms with Gasteiger partial charge in [0.2, 0.25) is 0 Å². The number of likely N-dealkylation sites (N-methyl/N-ethyl adjacent to an activating group) is 1. The van der Waals surface area contributed by atoms with Crippen molar-refractivity contribution in [2.45, 2.75) is 26.2 Å². The van der Waals surface area contributed by atoms with Gasteiger partial charge in [-0.05, 0) is 54.8 Å². The van der Waals surface area contributed by atoms with Crippen LogP contribution in [-0.2, 0) is 6.42 Å². The monoisotopic (exact) mass is 321 g/mol. The second-order valence-electron chi connectivity index (χ2n) is 5.36. The summed E-state index contributed by atoms with van der Waals surface area (Å²) in [5.74, 6) is 0.391. The van der Waals surface area contributed by atoms with Gasteiger partial charge < -0.3 is 5.32 Å². The van der Waals surface area contributed by atoms with Gasteiger partial charge in [0, 0.05) is 22.5 Å². The number of hydrogen-bond acceptors (Lipinski definition) is 1. The Labute approximate surface area is 137 Å². The highest BCUT2D eigenvalue weighted by molar-refractivity contribution is 6.31. The molecule has 0 saturated heterocycles. The highest BCUT2D eigenvalue weighted by Crippen LogP contribution is 2.26. The first kappa shape index (κ1) is 16.4. The van der Waals surface area contributed by atoms with Crippen LogP contribution in [-0.4, -0.2) is 13.1 Å². The number of nitrogens with one attached hydrogen (secondary N) is 1. The molecule has 0 fully saturated rings. The Kier molecular flexibility index (Phi) is 6.10. The van der Waals surface area contributed by atoms with E-state index in [1.54, 1.807) is 0 Å². The van der Waals surface area contributed by atoms with E-state index in [0.29, 0.717) is 5.92 Å². The minimum atomic E-state index is 0.391. The molecule has 0 radical (unpaired) electrons. The number of aryl methyl sites for hydroxylation is 1. The van der Waals surface area contributed by atoms with Gasteiger partial charge in [0.15, 0.2) is 0 Å². The lowest BCUT2D eigenvalue weighted by atomic mass is 9.91. The molecule has 0 bridgehead atoms. The third-order valence-electron chi connectivity index (χ3n) is 3.66. The van der Waals surface area contributed by atoms with Crippen LogP contribution in [0.1, 0.15) is 29.5 Å². The fourth-order valence-corrected chi connectivity index (χ4v) is 2.88. The Balaban J connectivity index is 2.21. The molecule has 0 aliphatic carbocycles. The van der Waals surface area contributed by atoms with Gasteiger partial charge in [0.05, 0.1) is 0 Å². The normalized spacial score (nSPS) is 12.4. The molecule has 0 amide bonds. The van der Waals surface area contributed by atoms with E-state index >= 15 is 0 Å². The summed E-state index contributed by atoms with van der Waals surface area (Å²) in [5.41, 5.74) is 3.68. The topological polar surface area (TPSA) is 12.0 Å². The lowest BCUT2D eigenvalue weighted by Crippen LogP contribution is -2.22. The summed E-state index contributed by atoms with van der Waals surface area (Å²) in [7, 11) is 0. The van der Waals surface area contributed by atoms with E-state index in [4.69, 9.17) is 23.2 Å². The van der Waals surface area contributed by atoms with Crippen molar-refractivity contribution in [1.29, 1.82) is 0 Å². The van der Waals surface area contributed by atoms with Gasteiger partial charge in [0.25, 0.3) is 0 Å². The molecule has 21 heavy (non-hydrogen) atoms. The van der Waals surface area contributed by atoms with Crippen LogP contribution < -0.4 is 5.32 Å². The van der Waals surface area contributed by atoms with Crippen molar-refractivity contribution in [3.63, 3.8) is 0 Å². The molecule has 1 N–H and O–H groups in total. The lowest BCUT2D eigenvalue weighted by molar-refractivity contribution is 0.595. The van der Waals surface area contributed by atoms with Gasteiger partial charge >= 0.3 is 0 Å². The average Bonchev–Trinajstić information content (AvgIpc) is 2.46. The molecule has 0 aromatic heterocycles. The summed E-state index contributed by atoms with van der Waals surface area (Å²) >= 11 is 12.4. The van der Waals surface area contributed by atoms with Gasteiger partial charge in [-0.2, -0.15) is 0 Å². The fourth-order valence-electron chi connectivity index (χ4n) is 2.44. The summed E-state index contributed by atoms with van der Waals surface area (Å²) < 4.78 is 0. The van der Waals surface area contributed by atoms with Crippen LogP contribution in [0.25, 0.3) is 0 Å². The van der Waals surface area contributed by atoms with Crippen molar-refractivity contribution < 1.29 is 0 Å². The summed E-state index contributed by atoms with van der Waals surface area (Å²) in [5, 5.41) is 5.06. The molecule has 3 heteroatoms. The second-order valence-corrected chi connectivity index (χ2v) is 6.20. The molecule has 1 atom stereocenters. The van der Waals surface area contributed by atoms with Crippen LogP contribution in [0.5, 0.6) is 0 Å². The molecule has 0 saturated carbocycles. The van der Waals surface area contributed by atoms with Crippen LogP contribution in [0.15, 0.2) is 42.5 Å². The standard InChI is InChI=1S/C18H21Cl2N/c1-3-21-12-16(14-6-8-17(19)9-7-14)11-15-5-4-13(2)10-18(15)20/h4-10,16,21H,3,11-12H2,1-2H3. The highest BCUT2D eigenvalue weighted by atomic mass is 35.5. The Hall–Kier alpha value is -1.02. The van der Waals surface area contributed by atoms with E-state index in [9.17, 15) is 0 Å². The minimum absolute atomic E-state index is 0.391. The van der Waals surface area contributed by atoms with Crippen LogP contribution >= 0.6 is 23.2 Å². The largest absolute Gasteiger partial charge is 0.316 e. The van der Waals surface area contributed by atoms with Crippen LogP contribution in [0.3, 0.4) is 0 Å². The smallest absolute Gasteiger partial charge is 0.0440 e. The van der Waals surface area contributed by atoms with Crippen LogP contribution in [0.4, 0.5) is 0 Å². The molecule has 0 aliphatic heterocycles. The second kappa shape index (κ2) is 7.84. The van der Waals surface area contributed by atoms with E-state index in [0.717, 1.165) is 29.6 Å². The molecule has 0 heterocycles. The van der Waals surface area contributed by atoms with E-state index in [-0.39, 0.29) is 0 Å². The van der Waals surface area contributed by atoms with E-state index in [1.807, 2.05) is 18.2 Å². The molecule has 1 unspecified atom stereocenters. The first-order valence-corrected chi connectivity index (χ1v) is 8.07. The van der Waals surface area contributed by atoms with Crippen molar-refractivity contribution >= 4 is 23.2 Å². The number of rotatable bonds is 6. The number of hydrogen-bond donors (Lipinski definition) is 1. The molecule has 2 aromatic rings. The maximum atomic E-state index is 6.38. The molecule has 112 valence electrons. The van der Waals surface area contributed by atoms with Crippen molar-refractivity contribution in [3.8, 4) is 0 Å². The van der Waals surface area contributed by atoms with Crippen molar-refractivity contribution in [2.24, 2.45) is 0 Å². The predicted octanol–water partition coefficient (Wildman–Crippen LogP) is 5.24. The summed E-state index contributed by atoms with van der Waals surface area (Å²) in [6.07, 6.45) is 0.924. The third-order valence-corrected chi connectivity index (χ3v) is 4.26. The van der Waals surface area contributed by atoms with E-state index in [1.165, 1.54) is 16.7 Å². The van der Waals surface area contributed by atoms with Gasteiger partial charge in [0.1, 0.15) is 0 Å². The maximum absolute atomic E-state index is 6.38. The van der Waals surface area contributed by atoms with Gasteiger partial charge in [-0.3, -0.25) is 0 Å². The van der Waals surface area contributed by atoms with Crippen LogP contribution in [0, 0.1) is 6.92 Å². The Morgan fingerprint density at radius 1 is 1.05 bits per heavy atom. The van der Waals surface area contributed by atoms with Gasteiger partial charge in [-0.15, -0.1) is 0 Å². The zero-order valence-corrected chi connectivity index (χ0v) is 14.0. The summed E-state index contributed by atoms with van der Waals surface area (Å²) in [6, 6.07) is 14.4. The zero-order chi connectivity index (χ0) is 15.2. The SMILES string of the molecule is CCNCC(Cc1ccc(C)cc1Cl)c1ccc(Cl)cc1. The van der Waals surface area contributed by atoms with E-state index < -0.39 is 0 Å². The zero-order valence-electron chi connectivity index (χ0n) is 12.5. The van der Waals surface area contributed by atoms with Crippen molar-refractivity contribution in [1.82, 2.24) is 5.32 Å². The molecule has 2 rings (SSSR count). The average molecular weight is 322 g/mol. The molecule has 0 spiro atoms. The van der Waals surface area contributed by atoms with E-state index in [2.05, 4.69) is 43.4 Å². The number of benzene rings is 2. The molecular weight excluding hydrogens is 301 g/mol. The highest BCUT2D eigenvalue weighted by Gasteiger charge is 2.14. The summed E-state index contributed by atoms with van der Waals surface area (Å²) in [6.45, 7) is 6.08. The molecule has 2 aromatic carbocycles. The summed E-state index contributed by atoms with van der Waals surface area (Å²) in [4.78, 5) is 0. The van der Waals surface area contributed by atoms with Crippen LogP contribution in [0.2, 0.25) is 10.0 Å². The Bertz CT molecular complexity index is 578. The maximum Gasteiger partial charge on any atom is 0.0440 e. The van der Waals surface area contributed by atoms with Gasteiger partial charge in [-0.25, -0.2) is 0 Å². The van der Waals surface area contributed by atoms with Gasteiger partial charge in [-0.1, -0.05) is 54.4 Å². The molecule has 0 aliphatic rings. The first-order chi connectivity index (χ1) is 10.1. The molecular formula is C18H21Cl2N. The Morgan fingerprint density at radius 2 is 1.76 bits per heavy atom. The van der Waals surface area contributed by atoms with Crippen molar-refractivity contribution in [3.05, 3.63) is 69.2 Å².